The summed E-state index contributed by atoms with van der Waals surface area (Å²) >= 11 is 1.80. The van der Waals surface area contributed by atoms with Gasteiger partial charge in [-0.3, -0.25) is 14.7 Å². The van der Waals surface area contributed by atoms with Gasteiger partial charge in [-0.2, -0.15) is 0 Å². The first-order valence-corrected chi connectivity index (χ1v) is 9.23. The number of aromatic nitrogens is 1. The number of ether oxygens (including phenoxy) is 1. The number of fused-ring (bicyclic) bond motifs is 1. The average Bonchev–Trinajstić information content (AvgIpc) is 3.22. The van der Waals surface area contributed by atoms with Crippen LogP contribution in [0, 0.1) is 5.92 Å². The number of carbonyl (C=O) groups excluding carboxylic acids is 1. The van der Waals surface area contributed by atoms with E-state index in [1.165, 1.54) is 4.88 Å². The number of hydrogen-bond acceptors (Lipinski definition) is 5. The van der Waals surface area contributed by atoms with Crippen molar-refractivity contribution in [2.75, 3.05) is 32.8 Å². The molecule has 2 aliphatic heterocycles. The molecule has 5 nitrogen and oxygen atoms in total. The van der Waals surface area contributed by atoms with Crippen LogP contribution in [0.3, 0.4) is 0 Å². The van der Waals surface area contributed by atoms with Gasteiger partial charge >= 0.3 is 0 Å². The quantitative estimate of drug-likeness (QED) is 0.856. The maximum absolute atomic E-state index is 12.6. The van der Waals surface area contributed by atoms with Crippen molar-refractivity contribution in [3.05, 3.63) is 52.5 Å². The molecule has 2 fully saturated rings. The molecule has 0 aliphatic carbocycles. The Balaban J connectivity index is 1.41. The zero-order valence-corrected chi connectivity index (χ0v) is 14.3. The molecular weight excluding hydrogens is 322 g/mol. The number of pyridine rings is 1. The lowest BCUT2D eigenvalue weighted by Crippen LogP contribution is -2.33. The van der Waals surface area contributed by atoms with Gasteiger partial charge in [-0.25, -0.2) is 0 Å². The molecule has 4 rings (SSSR count). The average molecular weight is 343 g/mol. The molecule has 1 amide bonds. The Morgan fingerprint density at radius 2 is 2.12 bits per heavy atom. The molecule has 2 atom stereocenters. The van der Waals surface area contributed by atoms with Gasteiger partial charge < -0.3 is 9.64 Å². The van der Waals surface area contributed by atoms with Crippen LogP contribution in [0.15, 0.2) is 42.0 Å². The van der Waals surface area contributed by atoms with Crippen LogP contribution in [-0.2, 0) is 11.3 Å². The van der Waals surface area contributed by atoms with E-state index < -0.39 is 0 Å². The Morgan fingerprint density at radius 3 is 2.92 bits per heavy atom. The molecule has 0 bridgehead atoms. The minimum Gasteiger partial charge on any atom is -0.375 e. The number of thiophene rings is 1. The second kappa shape index (κ2) is 7.01. The summed E-state index contributed by atoms with van der Waals surface area (Å²) in [6.07, 6.45) is 3.49. The topological polar surface area (TPSA) is 45.7 Å². The third kappa shape index (κ3) is 3.36. The van der Waals surface area contributed by atoms with E-state index in [4.69, 9.17) is 4.74 Å². The van der Waals surface area contributed by atoms with Crippen molar-refractivity contribution in [2.45, 2.75) is 12.6 Å². The Labute approximate surface area is 145 Å². The van der Waals surface area contributed by atoms with Gasteiger partial charge in [-0.1, -0.05) is 6.07 Å². The van der Waals surface area contributed by atoms with Gasteiger partial charge in [0.05, 0.1) is 12.7 Å². The summed E-state index contributed by atoms with van der Waals surface area (Å²) in [5.41, 5.74) is 0.705. The molecule has 2 aromatic heterocycles. The lowest BCUT2D eigenvalue weighted by atomic mass is 10.1. The maximum Gasteiger partial charge on any atom is 0.254 e. The predicted octanol–water partition coefficient (Wildman–Crippen LogP) is 2.12. The maximum atomic E-state index is 12.6. The van der Waals surface area contributed by atoms with E-state index in [-0.39, 0.29) is 12.0 Å². The van der Waals surface area contributed by atoms with Gasteiger partial charge in [-0.05, 0) is 23.6 Å². The van der Waals surface area contributed by atoms with Crippen LogP contribution in [0.5, 0.6) is 0 Å². The largest absolute Gasteiger partial charge is 0.375 e. The smallest absolute Gasteiger partial charge is 0.254 e. The molecular formula is C18H21N3O2S. The van der Waals surface area contributed by atoms with Crippen LogP contribution in [0.2, 0.25) is 0 Å². The van der Waals surface area contributed by atoms with E-state index in [0.29, 0.717) is 18.0 Å². The van der Waals surface area contributed by atoms with E-state index >= 15 is 0 Å². The molecule has 2 aliphatic rings. The van der Waals surface area contributed by atoms with Crippen LogP contribution in [0.4, 0.5) is 0 Å². The van der Waals surface area contributed by atoms with E-state index in [1.54, 1.807) is 35.9 Å². The Hall–Kier alpha value is -1.76. The van der Waals surface area contributed by atoms with Gasteiger partial charge in [-0.15, -0.1) is 11.3 Å². The van der Waals surface area contributed by atoms with Gasteiger partial charge in [0.2, 0.25) is 0 Å². The molecule has 0 N–H and O–H groups in total. The van der Waals surface area contributed by atoms with Crippen LogP contribution in [0.25, 0.3) is 0 Å². The summed E-state index contributed by atoms with van der Waals surface area (Å²) in [5.74, 6) is 0.470. The molecule has 0 spiro atoms. The number of nitrogens with zero attached hydrogens (tertiary/aromatic N) is 3. The normalized spacial score (nSPS) is 24.6. The third-order valence-corrected chi connectivity index (χ3v) is 5.65. The predicted molar refractivity (Wildman–Crippen MR) is 93.0 cm³/mol. The fourth-order valence-electron chi connectivity index (χ4n) is 3.57. The Bertz CT molecular complexity index is 677. The summed E-state index contributed by atoms with van der Waals surface area (Å²) in [6, 6.07) is 7.84. The molecule has 0 aromatic carbocycles. The Kier molecular flexibility index (Phi) is 4.60. The molecule has 2 saturated heterocycles. The van der Waals surface area contributed by atoms with E-state index in [2.05, 4.69) is 27.4 Å². The molecule has 126 valence electrons. The first-order valence-electron chi connectivity index (χ1n) is 8.35. The summed E-state index contributed by atoms with van der Waals surface area (Å²) in [6.45, 7) is 5.13. The number of likely N-dealkylation sites (tertiary alicyclic amines) is 1. The number of hydrogen-bond donors (Lipinski definition) is 0. The summed E-state index contributed by atoms with van der Waals surface area (Å²) < 4.78 is 6.05. The fraction of sp³-hybridized carbons (Fsp3) is 0.444. The van der Waals surface area contributed by atoms with Gasteiger partial charge in [0.1, 0.15) is 0 Å². The Morgan fingerprint density at radius 1 is 1.25 bits per heavy atom. The number of rotatable bonds is 3. The van der Waals surface area contributed by atoms with Gasteiger partial charge in [0.15, 0.2) is 0 Å². The van der Waals surface area contributed by atoms with Gasteiger partial charge in [0.25, 0.3) is 5.91 Å². The molecule has 0 saturated carbocycles. The van der Waals surface area contributed by atoms with Crippen molar-refractivity contribution in [1.29, 1.82) is 0 Å². The minimum atomic E-state index is 0.0823. The van der Waals surface area contributed by atoms with Gasteiger partial charge in [0, 0.05) is 61.5 Å². The lowest BCUT2D eigenvalue weighted by Gasteiger charge is -2.22. The lowest BCUT2D eigenvalue weighted by molar-refractivity contribution is 0.0483. The zero-order chi connectivity index (χ0) is 16.4. The second-order valence-corrected chi connectivity index (χ2v) is 7.46. The molecule has 2 aromatic rings. The van der Waals surface area contributed by atoms with Crippen LogP contribution < -0.4 is 0 Å². The molecule has 4 heterocycles. The van der Waals surface area contributed by atoms with Crippen molar-refractivity contribution in [3.8, 4) is 0 Å². The first-order chi connectivity index (χ1) is 11.8. The van der Waals surface area contributed by atoms with Crippen LogP contribution in [-0.4, -0.2) is 59.6 Å². The van der Waals surface area contributed by atoms with Crippen molar-refractivity contribution in [2.24, 2.45) is 5.92 Å². The van der Waals surface area contributed by atoms with Crippen LogP contribution >= 0.6 is 11.3 Å². The van der Waals surface area contributed by atoms with E-state index in [9.17, 15) is 4.79 Å². The van der Waals surface area contributed by atoms with Crippen molar-refractivity contribution < 1.29 is 9.53 Å². The SMILES string of the molecule is O=C(c1ccncc1)N1C[C@@H]2CN(Cc3cccs3)CCO[C@@H]2C1. The van der Waals surface area contributed by atoms with Crippen LogP contribution in [0.1, 0.15) is 15.2 Å². The highest BCUT2D eigenvalue weighted by atomic mass is 32.1. The second-order valence-electron chi connectivity index (χ2n) is 6.43. The zero-order valence-electron chi connectivity index (χ0n) is 13.5. The number of carbonyl (C=O) groups is 1. The fourth-order valence-corrected chi connectivity index (χ4v) is 4.32. The summed E-state index contributed by atoms with van der Waals surface area (Å²) in [7, 11) is 0. The first kappa shape index (κ1) is 15.7. The summed E-state index contributed by atoms with van der Waals surface area (Å²) in [5, 5.41) is 2.12. The monoisotopic (exact) mass is 343 g/mol. The molecule has 0 radical (unpaired) electrons. The minimum absolute atomic E-state index is 0.0823. The molecule has 0 unspecified atom stereocenters. The molecule has 24 heavy (non-hydrogen) atoms. The van der Waals surface area contributed by atoms with E-state index in [0.717, 1.165) is 32.8 Å². The standard InChI is InChI=1S/C18H21N3O2S/c22-18(14-3-5-19-6-4-14)21-11-15-10-20(7-8-23-17(15)13-21)12-16-2-1-9-24-16/h1-6,9,15,17H,7-8,10-13H2/t15-,17+/m0/s1. The third-order valence-electron chi connectivity index (χ3n) is 4.79. The highest BCUT2D eigenvalue weighted by Crippen LogP contribution is 2.26. The van der Waals surface area contributed by atoms with Crippen molar-refractivity contribution >= 4 is 17.2 Å². The summed E-state index contributed by atoms with van der Waals surface area (Å²) in [4.78, 5) is 22.4. The number of amides is 1. The highest BCUT2D eigenvalue weighted by Gasteiger charge is 2.38. The highest BCUT2D eigenvalue weighted by molar-refractivity contribution is 7.09. The van der Waals surface area contributed by atoms with Crippen molar-refractivity contribution in [3.63, 3.8) is 0 Å². The van der Waals surface area contributed by atoms with E-state index in [1.807, 2.05) is 4.90 Å². The molecule has 6 heteroatoms. The van der Waals surface area contributed by atoms with Crippen molar-refractivity contribution in [1.82, 2.24) is 14.8 Å².